The van der Waals surface area contributed by atoms with E-state index in [0.717, 1.165) is 11.1 Å². The van der Waals surface area contributed by atoms with Gasteiger partial charge in [-0.05, 0) is 56.5 Å². The third-order valence-corrected chi connectivity index (χ3v) is 5.24. The summed E-state index contributed by atoms with van der Waals surface area (Å²) in [5.41, 5.74) is 1.87. The molecule has 0 radical (unpaired) electrons. The first-order valence-corrected chi connectivity index (χ1v) is 11.5. The number of benzene rings is 2. The van der Waals surface area contributed by atoms with Crippen molar-refractivity contribution in [2.24, 2.45) is 0 Å². The molecule has 186 valence electrons. The summed E-state index contributed by atoms with van der Waals surface area (Å²) in [6.45, 7) is 14.2. The van der Waals surface area contributed by atoms with Crippen LogP contribution in [0.15, 0.2) is 61.7 Å². The minimum absolute atomic E-state index is 0.0622. The van der Waals surface area contributed by atoms with Gasteiger partial charge in [-0.1, -0.05) is 60.7 Å². The topological polar surface area (TPSA) is 87.7 Å². The van der Waals surface area contributed by atoms with Crippen molar-refractivity contribution in [1.82, 2.24) is 10.2 Å². The van der Waals surface area contributed by atoms with E-state index in [1.165, 1.54) is 11.0 Å². The Kier molecular flexibility index (Phi) is 9.66. The minimum Gasteiger partial charge on any atom is -0.444 e. The van der Waals surface area contributed by atoms with Gasteiger partial charge in [0.2, 0.25) is 5.91 Å². The van der Waals surface area contributed by atoms with E-state index in [4.69, 9.17) is 16.3 Å². The van der Waals surface area contributed by atoms with Gasteiger partial charge in [-0.3, -0.25) is 9.59 Å². The Morgan fingerprint density at radius 2 is 1.83 bits per heavy atom. The van der Waals surface area contributed by atoms with E-state index < -0.39 is 29.6 Å². The predicted molar refractivity (Wildman–Crippen MR) is 140 cm³/mol. The number of alkyl carbamates (subject to hydrolysis) is 1. The summed E-state index contributed by atoms with van der Waals surface area (Å²) < 4.78 is 5.21. The third-order valence-electron chi connectivity index (χ3n) is 4.92. The zero-order valence-corrected chi connectivity index (χ0v) is 21.3. The Hall–Kier alpha value is -3.58. The van der Waals surface area contributed by atoms with Gasteiger partial charge in [0.05, 0.1) is 10.7 Å². The number of ether oxygens (including phenoxy) is 1. The van der Waals surface area contributed by atoms with Crippen molar-refractivity contribution in [3.8, 4) is 0 Å². The van der Waals surface area contributed by atoms with Crippen LogP contribution < -0.4 is 10.6 Å². The quantitative estimate of drug-likeness (QED) is 0.447. The fourth-order valence-corrected chi connectivity index (χ4v) is 3.63. The van der Waals surface area contributed by atoms with Crippen LogP contribution in [0.2, 0.25) is 5.02 Å². The molecule has 0 aliphatic carbocycles. The Bertz CT molecular complexity index is 1090. The summed E-state index contributed by atoms with van der Waals surface area (Å²) in [5.74, 6) is -0.953. The van der Waals surface area contributed by atoms with E-state index in [1.807, 2.05) is 19.1 Å². The van der Waals surface area contributed by atoms with E-state index in [1.54, 1.807) is 57.2 Å². The van der Waals surface area contributed by atoms with Gasteiger partial charge in [-0.2, -0.15) is 0 Å². The zero-order valence-electron chi connectivity index (χ0n) is 20.6. The van der Waals surface area contributed by atoms with Gasteiger partial charge in [0.15, 0.2) is 0 Å². The lowest BCUT2D eigenvalue weighted by atomic mass is 10.0. The number of rotatable bonds is 9. The van der Waals surface area contributed by atoms with Crippen molar-refractivity contribution in [2.45, 2.75) is 39.3 Å². The van der Waals surface area contributed by atoms with Crippen LogP contribution in [-0.4, -0.2) is 41.5 Å². The highest BCUT2D eigenvalue weighted by molar-refractivity contribution is 6.34. The number of nitrogens with zero attached hydrogens (tertiary/aromatic N) is 1. The van der Waals surface area contributed by atoms with Gasteiger partial charge in [-0.15, -0.1) is 6.58 Å². The average molecular weight is 498 g/mol. The highest BCUT2D eigenvalue weighted by Crippen LogP contribution is 2.29. The van der Waals surface area contributed by atoms with Crippen LogP contribution in [0.1, 0.15) is 43.5 Å². The first-order valence-electron chi connectivity index (χ1n) is 11.1. The van der Waals surface area contributed by atoms with Crippen LogP contribution in [0.25, 0.3) is 6.08 Å². The number of halogens is 1. The minimum atomic E-state index is -1.03. The second-order valence-corrected chi connectivity index (χ2v) is 9.30. The smallest absolute Gasteiger partial charge is 0.408 e. The number of nitrogens with one attached hydrogen (secondary N) is 2. The number of carbonyl (C=O) groups is 3. The molecule has 35 heavy (non-hydrogen) atoms. The molecule has 0 aromatic heterocycles. The molecule has 2 aromatic rings. The second-order valence-electron chi connectivity index (χ2n) is 8.89. The van der Waals surface area contributed by atoms with Crippen molar-refractivity contribution in [3.63, 3.8) is 0 Å². The molecule has 8 heteroatoms. The van der Waals surface area contributed by atoms with Crippen LogP contribution >= 0.6 is 11.6 Å². The number of anilines is 1. The maximum absolute atomic E-state index is 13.6. The number of hydrogen-bond donors (Lipinski definition) is 2. The molecule has 2 rings (SSSR count). The summed E-state index contributed by atoms with van der Waals surface area (Å²) >= 11 is 6.33. The number of aryl methyl sites for hydroxylation is 1. The van der Waals surface area contributed by atoms with Crippen LogP contribution in [0.3, 0.4) is 0 Å². The Morgan fingerprint density at radius 3 is 2.43 bits per heavy atom. The van der Waals surface area contributed by atoms with Crippen molar-refractivity contribution in [3.05, 3.63) is 83.4 Å². The molecule has 0 bridgehead atoms. The monoisotopic (exact) mass is 497 g/mol. The molecule has 1 unspecified atom stereocenters. The molecule has 2 N–H and O–H groups in total. The van der Waals surface area contributed by atoms with Gasteiger partial charge in [0.25, 0.3) is 5.91 Å². The first kappa shape index (κ1) is 27.7. The van der Waals surface area contributed by atoms with E-state index in [2.05, 4.69) is 23.8 Å². The Balaban J connectivity index is 2.42. The van der Waals surface area contributed by atoms with Gasteiger partial charge in [0.1, 0.15) is 18.2 Å². The molecule has 2 aromatic carbocycles. The Morgan fingerprint density at radius 1 is 1.14 bits per heavy atom. The fourth-order valence-electron chi connectivity index (χ4n) is 3.36. The summed E-state index contributed by atoms with van der Waals surface area (Å²) in [6.07, 6.45) is 2.44. The normalized spacial score (nSPS) is 11.7. The maximum Gasteiger partial charge on any atom is 0.408 e. The molecule has 3 amide bonds. The van der Waals surface area contributed by atoms with Crippen molar-refractivity contribution in [2.75, 3.05) is 18.4 Å². The van der Waals surface area contributed by atoms with Crippen molar-refractivity contribution < 1.29 is 19.1 Å². The number of hydrogen-bond acceptors (Lipinski definition) is 4. The fraction of sp³-hybridized carbons (Fsp3) is 0.296. The Labute approximate surface area is 211 Å². The van der Waals surface area contributed by atoms with Crippen LogP contribution in [-0.2, 0) is 14.3 Å². The third kappa shape index (κ3) is 8.00. The van der Waals surface area contributed by atoms with E-state index in [9.17, 15) is 14.4 Å². The first-order chi connectivity index (χ1) is 16.5. The molecule has 0 saturated carbocycles. The van der Waals surface area contributed by atoms with Crippen LogP contribution in [0, 0.1) is 6.92 Å². The van der Waals surface area contributed by atoms with E-state index in [0.29, 0.717) is 16.3 Å². The van der Waals surface area contributed by atoms with Gasteiger partial charge < -0.3 is 20.3 Å². The van der Waals surface area contributed by atoms with Gasteiger partial charge in [0, 0.05) is 6.54 Å². The van der Waals surface area contributed by atoms with Gasteiger partial charge in [-0.25, -0.2) is 4.79 Å². The van der Waals surface area contributed by atoms with Crippen molar-refractivity contribution >= 4 is 41.3 Å². The molecule has 0 heterocycles. The molecular weight excluding hydrogens is 466 g/mol. The molecule has 0 aliphatic rings. The lowest BCUT2D eigenvalue weighted by molar-refractivity contribution is -0.137. The molecule has 1 atom stereocenters. The number of para-hydroxylation sites is 1. The summed E-state index contributed by atoms with van der Waals surface area (Å²) in [4.78, 5) is 40.3. The zero-order chi connectivity index (χ0) is 26.2. The number of carbonyl (C=O) groups excluding carboxylic acids is 3. The summed E-state index contributed by atoms with van der Waals surface area (Å²) in [5, 5.41) is 5.71. The molecule has 0 saturated heterocycles. The molecule has 0 fully saturated rings. The maximum atomic E-state index is 13.6. The standard InChI is InChI=1S/C27H32ClN3O4/c1-7-15-31(22(32)17-29-26(34)35-27(4,5)6)24(20-13-10-12-19(8-2)16-20)25(33)30-23-18(3)11-9-14-21(23)28/h7-14,16,24H,1-2,15,17H2,3-6H3,(H,29,34)(H,30,33). The van der Waals surface area contributed by atoms with Crippen molar-refractivity contribution in [1.29, 1.82) is 0 Å². The number of amides is 3. The molecule has 0 aliphatic heterocycles. The highest BCUT2D eigenvalue weighted by atomic mass is 35.5. The summed E-state index contributed by atoms with van der Waals surface area (Å²) in [7, 11) is 0. The molecule has 0 spiro atoms. The highest BCUT2D eigenvalue weighted by Gasteiger charge is 2.32. The largest absolute Gasteiger partial charge is 0.444 e. The average Bonchev–Trinajstić information content (AvgIpc) is 2.78. The lowest BCUT2D eigenvalue weighted by Gasteiger charge is -2.31. The lowest BCUT2D eigenvalue weighted by Crippen LogP contribution is -2.46. The van der Waals surface area contributed by atoms with E-state index in [-0.39, 0.29) is 13.1 Å². The molecule has 7 nitrogen and oxygen atoms in total. The SMILES string of the molecule is C=CCN(C(=O)CNC(=O)OC(C)(C)C)C(C(=O)Nc1c(C)cccc1Cl)c1cccc(C=C)c1. The molecular formula is C27H32ClN3O4. The predicted octanol–water partition coefficient (Wildman–Crippen LogP) is 5.51. The summed E-state index contributed by atoms with van der Waals surface area (Å²) in [6, 6.07) is 11.4. The van der Waals surface area contributed by atoms with Gasteiger partial charge >= 0.3 is 6.09 Å². The van der Waals surface area contributed by atoms with E-state index >= 15 is 0 Å². The van der Waals surface area contributed by atoms with Crippen LogP contribution in [0.5, 0.6) is 0 Å². The van der Waals surface area contributed by atoms with Crippen LogP contribution in [0.4, 0.5) is 10.5 Å². The second kappa shape index (κ2) is 12.2.